The molecule has 1 aliphatic rings. The van der Waals surface area contributed by atoms with Crippen molar-refractivity contribution in [1.82, 2.24) is 0 Å². The van der Waals surface area contributed by atoms with Crippen molar-refractivity contribution >= 4 is 17.7 Å². The van der Waals surface area contributed by atoms with Gasteiger partial charge in [-0.15, -0.1) is 0 Å². The molecule has 1 aliphatic heterocycles. The van der Waals surface area contributed by atoms with E-state index in [9.17, 15) is 9.90 Å². The fourth-order valence-corrected chi connectivity index (χ4v) is 2.30. The molecule has 1 aromatic carbocycles. The first kappa shape index (κ1) is 13.4. The Morgan fingerprint density at radius 3 is 2.58 bits per heavy atom. The fourth-order valence-electron chi connectivity index (χ4n) is 2.30. The minimum Gasteiger partial charge on any atom is -0.480 e. The summed E-state index contributed by atoms with van der Waals surface area (Å²) in [5.41, 5.74) is 2.88. The van der Waals surface area contributed by atoms with E-state index in [0.717, 1.165) is 16.9 Å². The van der Waals surface area contributed by atoms with Gasteiger partial charge in [-0.2, -0.15) is 0 Å². The Kier molecular flexibility index (Phi) is 3.47. The van der Waals surface area contributed by atoms with Gasteiger partial charge in [0.25, 0.3) is 0 Å². The summed E-state index contributed by atoms with van der Waals surface area (Å²) in [6.45, 7) is 6.25. The lowest BCUT2D eigenvalue weighted by molar-refractivity contribution is -0.135. The van der Waals surface area contributed by atoms with Gasteiger partial charge in [-0.05, 0) is 17.7 Å². The van der Waals surface area contributed by atoms with Crippen molar-refractivity contribution in [3.63, 3.8) is 0 Å². The average molecular weight is 257 g/mol. The maximum absolute atomic E-state index is 11.2. The van der Waals surface area contributed by atoms with Crippen LogP contribution in [0.1, 0.15) is 26.3 Å². The van der Waals surface area contributed by atoms with Gasteiger partial charge < -0.3 is 10.0 Å². The first-order valence-electron chi connectivity index (χ1n) is 6.37. The minimum absolute atomic E-state index is 0.0260. The van der Waals surface area contributed by atoms with Crippen LogP contribution in [-0.4, -0.2) is 17.6 Å². The number of allylic oxidation sites excluding steroid dienone is 3. The molecule has 1 N–H and O–H groups in total. The molecule has 0 aromatic heterocycles. The Labute approximate surface area is 113 Å². The van der Waals surface area contributed by atoms with Crippen LogP contribution in [0.5, 0.6) is 0 Å². The van der Waals surface area contributed by atoms with Crippen molar-refractivity contribution in [2.45, 2.75) is 20.8 Å². The number of nitrogens with zero attached hydrogens (tertiary/aromatic N) is 1. The van der Waals surface area contributed by atoms with Gasteiger partial charge in [0.2, 0.25) is 0 Å². The van der Waals surface area contributed by atoms with Crippen LogP contribution < -0.4 is 4.90 Å². The van der Waals surface area contributed by atoms with E-state index in [-0.39, 0.29) is 12.0 Å². The van der Waals surface area contributed by atoms with Gasteiger partial charge in [0.15, 0.2) is 0 Å². The lowest BCUT2D eigenvalue weighted by Gasteiger charge is -2.34. The molecule has 0 saturated carbocycles. The number of hydrogen-bond donors (Lipinski definition) is 1. The summed E-state index contributed by atoms with van der Waals surface area (Å²) in [5.74, 6) is -0.827. The SMILES string of the molecule is CC(C)(C)C1=CC=Cc2ccccc2N1CC(=O)O. The third-order valence-corrected chi connectivity index (χ3v) is 3.11. The van der Waals surface area contributed by atoms with Crippen molar-refractivity contribution < 1.29 is 9.90 Å². The molecule has 0 amide bonds. The monoisotopic (exact) mass is 257 g/mol. The predicted molar refractivity (Wildman–Crippen MR) is 78.0 cm³/mol. The molecule has 0 spiro atoms. The van der Waals surface area contributed by atoms with Crippen LogP contribution >= 0.6 is 0 Å². The molecule has 0 saturated heterocycles. The number of benzene rings is 1. The number of para-hydroxylation sites is 1. The summed E-state index contributed by atoms with van der Waals surface area (Å²) >= 11 is 0. The minimum atomic E-state index is -0.827. The number of fused-ring (bicyclic) bond motifs is 1. The zero-order valence-electron chi connectivity index (χ0n) is 11.6. The molecule has 3 heteroatoms. The lowest BCUT2D eigenvalue weighted by Crippen LogP contribution is -2.34. The summed E-state index contributed by atoms with van der Waals surface area (Å²) in [7, 11) is 0. The second kappa shape index (κ2) is 4.92. The number of carbonyl (C=O) groups is 1. The summed E-state index contributed by atoms with van der Waals surface area (Å²) in [6, 6.07) is 7.87. The van der Waals surface area contributed by atoms with Crippen molar-refractivity contribution in [3.8, 4) is 0 Å². The summed E-state index contributed by atoms with van der Waals surface area (Å²) < 4.78 is 0. The number of carboxylic acids is 1. The van der Waals surface area contributed by atoms with Gasteiger partial charge in [0.05, 0.1) is 0 Å². The Balaban J connectivity index is 2.55. The molecule has 19 heavy (non-hydrogen) atoms. The topological polar surface area (TPSA) is 40.5 Å². The summed E-state index contributed by atoms with van der Waals surface area (Å²) in [6.07, 6.45) is 6.01. The predicted octanol–water partition coefficient (Wildman–Crippen LogP) is 3.53. The maximum atomic E-state index is 11.2. The molecule has 1 heterocycles. The van der Waals surface area contributed by atoms with E-state index in [1.165, 1.54) is 0 Å². The van der Waals surface area contributed by atoms with E-state index < -0.39 is 5.97 Å². The highest BCUT2D eigenvalue weighted by atomic mass is 16.4. The van der Waals surface area contributed by atoms with Crippen LogP contribution in [0.15, 0.2) is 42.1 Å². The first-order chi connectivity index (χ1) is 8.89. The second-order valence-electron chi connectivity index (χ2n) is 5.70. The van der Waals surface area contributed by atoms with E-state index in [0.29, 0.717) is 0 Å². The molecule has 2 rings (SSSR count). The molecule has 3 nitrogen and oxygen atoms in total. The van der Waals surface area contributed by atoms with Gasteiger partial charge in [0, 0.05) is 16.8 Å². The molecule has 0 fully saturated rings. The molecule has 100 valence electrons. The molecular weight excluding hydrogens is 238 g/mol. The maximum Gasteiger partial charge on any atom is 0.323 e. The highest BCUT2D eigenvalue weighted by Gasteiger charge is 2.27. The highest BCUT2D eigenvalue weighted by molar-refractivity contribution is 5.80. The number of aliphatic carboxylic acids is 1. The summed E-state index contributed by atoms with van der Waals surface area (Å²) in [5, 5.41) is 9.18. The van der Waals surface area contributed by atoms with Gasteiger partial charge in [0.1, 0.15) is 6.54 Å². The standard InChI is InChI=1S/C16H19NO2/c1-16(2,3)14-10-6-8-12-7-4-5-9-13(12)17(14)11-15(18)19/h4-10H,11H2,1-3H3,(H,18,19). The number of rotatable bonds is 2. The van der Waals surface area contributed by atoms with E-state index in [2.05, 4.69) is 20.8 Å². The van der Waals surface area contributed by atoms with Crippen LogP contribution in [0.25, 0.3) is 6.08 Å². The smallest absolute Gasteiger partial charge is 0.323 e. The van der Waals surface area contributed by atoms with E-state index in [1.807, 2.05) is 47.4 Å². The third kappa shape index (κ3) is 2.87. The van der Waals surface area contributed by atoms with Crippen molar-refractivity contribution in [2.24, 2.45) is 5.41 Å². The molecule has 0 bridgehead atoms. The average Bonchev–Trinajstić information content (AvgIpc) is 2.48. The Morgan fingerprint density at radius 1 is 1.26 bits per heavy atom. The molecular formula is C16H19NO2. The zero-order valence-corrected chi connectivity index (χ0v) is 11.6. The normalized spacial score (nSPS) is 14.7. The van der Waals surface area contributed by atoms with Crippen LogP contribution in [0.2, 0.25) is 0 Å². The Bertz CT molecular complexity index is 550. The molecule has 0 radical (unpaired) electrons. The Hall–Kier alpha value is -2.03. The number of anilines is 1. The van der Waals surface area contributed by atoms with Gasteiger partial charge in [-0.25, -0.2) is 0 Å². The van der Waals surface area contributed by atoms with Gasteiger partial charge in [-0.1, -0.05) is 51.1 Å². The first-order valence-corrected chi connectivity index (χ1v) is 6.37. The second-order valence-corrected chi connectivity index (χ2v) is 5.70. The number of carboxylic acid groups (broad SMARTS) is 1. The van der Waals surface area contributed by atoms with Gasteiger partial charge in [-0.3, -0.25) is 4.79 Å². The van der Waals surface area contributed by atoms with Crippen LogP contribution in [0, 0.1) is 5.41 Å². The highest BCUT2D eigenvalue weighted by Crippen LogP contribution is 2.36. The van der Waals surface area contributed by atoms with Crippen LogP contribution in [0.4, 0.5) is 5.69 Å². The fraction of sp³-hybridized carbons (Fsp3) is 0.312. The molecule has 0 unspecified atom stereocenters. The van der Waals surface area contributed by atoms with Crippen molar-refractivity contribution in [3.05, 3.63) is 47.7 Å². The van der Waals surface area contributed by atoms with E-state index in [4.69, 9.17) is 0 Å². The quantitative estimate of drug-likeness (QED) is 0.881. The zero-order chi connectivity index (χ0) is 14.0. The van der Waals surface area contributed by atoms with Gasteiger partial charge >= 0.3 is 5.97 Å². The van der Waals surface area contributed by atoms with Crippen LogP contribution in [0.3, 0.4) is 0 Å². The number of hydrogen-bond acceptors (Lipinski definition) is 2. The lowest BCUT2D eigenvalue weighted by atomic mass is 9.90. The molecule has 0 aliphatic carbocycles. The largest absolute Gasteiger partial charge is 0.480 e. The van der Waals surface area contributed by atoms with Crippen molar-refractivity contribution in [2.75, 3.05) is 11.4 Å². The third-order valence-electron chi connectivity index (χ3n) is 3.11. The van der Waals surface area contributed by atoms with E-state index >= 15 is 0 Å². The summed E-state index contributed by atoms with van der Waals surface area (Å²) in [4.78, 5) is 13.1. The van der Waals surface area contributed by atoms with E-state index in [1.54, 1.807) is 0 Å². The Morgan fingerprint density at radius 2 is 1.95 bits per heavy atom. The van der Waals surface area contributed by atoms with Crippen LogP contribution in [-0.2, 0) is 4.79 Å². The van der Waals surface area contributed by atoms with Crippen molar-refractivity contribution in [1.29, 1.82) is 0 Å². The molecule has 1 aromatic rings. The molecule has 0 atom stereocenters.